The van der Waals surface area contributed by atoms with E-state index in [1.165, 1.54) is 19.0 Å². The molecule has 7 heteroatoms. The van der Waals surface area contributed by atoms with Crippen molar-refractivity contribution in [3.63, 3.8) is 0 Å². The molecule has 1 saturated carbocycles. The summed E-state index contributed by atoms with van der Waals surface area (Å²) >= 11 is 0. The molecule has 1 fully saturated rings. The fourth-order valence-electron chi connectivity index (χ4n) is 3.22. The molecule has 0 atom stereocenters. The van der Waals surface area contributed by atoms with Crippen LogP contribution in [0.25, 0.3) is 5.57 Å². The summed E-state index contributed by atoms with van der Waals surface area (Å²) in [7, 11) is 0. The van der Waals surface area contributed by atoms with Crippen LogP contribution in [0, 0.1) is 5.92 Å². The Morgan fingerprint density at radius 1 is 1.36 bits per heavy atom. The molecular weight excluding hydrogens is 356 g/mol. The van der Waals surface area contributed by atoms with Crippen LogP contribution in [0.3, 0.4) is 0 Å². The standard InChI is InChI=1S/C21H24N4O3/c1-21(2)10-14-8-16(18(9-17(14)28-21)27-12-13-4-5-13)25-20(26)15(11-22)19-23-6-3-7-24-19/h3,6-9,11,13H,4-5,10,12,22H2,1-2H3,(H,25,26). The molecule has 0 spiro atoms. The molecular formula is C21H24N4O3. The van der Waals surface area contributed by atoms with Gasteiger partial charge in [-0.15, -0.1) is 0 Å². The van der Waals surface area contributed by atoms with E-state index in [1.54, 1.807) is 18.5 Å². The maximum Gasteiger partial charge on any atom is 0.261 e. The Bertz CT molecular complexity index is 921. The third-order valence-electron chi connectivity index (χ3n) is 4.80. The largest absolute Gasteiger partial charge is 0.491 e. The molecule has 28 heavy (non-hydrogen) atoms. The van der Waals surface area contributed by atoms with E-state index in [0.29, 0.717) is 24.0 Å². The van der Waals surface area contributed by atoms with Gasteiger partial charge >= 0.3 is 0 Å². The highest BCUT2D eigenvalue weighted by Gasteiger charge is 2.32. The van der Waals surface area contributed by atoms with Crippen molar-refractivity contribution in [1.29, 1.82) is 0 Å². The molecule has 2 aromatic rings. The lowest BCUT2D eigenvalue weighted by Gasteiger charge is -2.17. The number of fused-ring (bicyclic) bond motifs is 1. The first-order valence-corrected chi connectivity index (χ1v) is 9.44. The highest BCUT2D eigenvalue weighted by atomic mass is 16.5. The minimum Gasteiger partial charge on any atom is -0.491 e. The summed E-state index contributed by atoms with van der Waals surface area (Å²) in [5, 5.41) is 2.91. The summed E-state index contributed by atoms with van der Waals surface area (Å²) in [6.45, 7) is 4.71. The Balaban J connectivity index is 1.61. The summed E-state index contributed by atoms with van der Waals surface area (Å²) in [4.78, 5) is 21.1. The van der Waals surface area contributed by atoms with Gasteiger partial charge in [-0.2, -0.15) is 0 Å². The summed E-state index contributed by atoms with van der Waals surface area (Å²) in [5.41, 5.74) is 7.23. The van der Waals surface area contributed by atoms with Gasteiger partial charge in [0.2, 0.25) is 0 Å². The molecule has 1 aliphatic heterocycles. The van der Waals surface area contributed by atoms with E-state index in [1.807, 2.05) is 26.0 Å². The van der Waals surface area contributed by atoms with Gasteiger partial charge in [0.15, 0.2) is 5.82 Å². The minimum absolute atomic E-state index is 0.200. The van der Waals surface area contributed by atoms with Crippen LogP contribution in [0.4, 0.5) is 5.69 Å². The van der Waals surface area contributed by atoms with Crippen molar-refractivity contribution in [3.05, 3.63) is 48.2 Å². The second-order valence-corrected chi connectivity index (χ2v) is 7.86. The van der Waals surface area contributed by atoms with E-state index < -0.39 is 0 Å². The van der Waals surface area contributed by atoms with Gasteiger partial charge in [-0.3, -0.25) is 4.79 Å². The number of anilines is 1. The number of nitrogens with two attached hydrogens (primary N) is 1. The van der Waals surface area contributed by atoms with Gasteiger partial charge < -0.3 is 20.5 Å². The Morgan fingerprint density at radius 2 is 2.11 bits per heavy atom. The van der Waals surface area contributed by atoms with Gasteiger partial charge in [-0.1, -0.05) is 0 Å². The molecule has 0 radical (unpaired) electrons. The van der Waals surface area contributed by atoms with E-state index in [-0.39, 0.29) is 22.9 Å². The predicted octanol–water partition coefficient (Wildman–Crippen LogP) is 2.92. The van der Waals surface area contributed by atoms with E-state index in [0.717, 1.165) is 17.7 Å². The van der Waals surface area contributed by atoms with Crippen LogP contribution in [0.5, 0.6) is 11.5 Å². The summed E-state index contributed by atoms with van der Waals surface area (Å²) in [5.74, 6) is 1.87. The topological polar surface area (TPSA) is 99.4 Å². The molecule has 1 amide bonds. The number of rotatable bonds is 6. The van der Waals surface area contributed by atoms with Crippen molar-refractivity contribution in [2.24, 2.45) is 11.7 Å². The average molecular weight is 380 g/mol. The number of benzene rings is 1. The van der Waals surface area contributed by atoms with Crippen molar-refractivity contribution in [2.45, 2.75) is 38.7 Å². The van der Waals surface area contributed by atoms with Gasteiger partial charge in [0.25, 0.3) is 5.91 Å². The second-order valence-electron chi connectivity index (χ2n) is 7.86. The Morgan fingerprint density at radius 3 is 2.79 bits per heavy atom. The number of amides is 1. The Labute approximate surface area is 164 Å². The molecule has 0 bridgehead atoms. The molecule has 2 aliphatic rings. The minimum atomic E-state index is -0.386. The smallest absolute Gasteiger partial charge is 0.261 e. The van der Waals surface area contributed by atoms with Crippen LogP contribution < -0.4 is 20.5 Å². The molecule has 146 valence electrons. The number of nitrogens with zero attached hydrogens (tertiary/aromatic N) is 2. The van der Waals surface area contributed by atoms with Gasteiger partial charge in [-0.25, -0.2) is 9.97 Å². The highest BCUT2D eigenvalue weighted by molar-refractivity contribution is 6.24. The summed E-state index contributed by atoms with van der Waals surface area (Å²) < 4.78 is 12.0. The maximum atomic E-state index is 12.8. The summed E-state index contributed by atoms with van der Waals surface area (Å²) in [6.07, 6.45) is 7.48. The maximum absolute atomic E-state index is 12.8. The van der Waals surface area contributed by atoms with E-state index >= 15 is 0 Å². The molecule has 2 heterocycles. The van der Waals surface area contributed by atoms with Crippen molar-refractivity contribution in [1.82, 2.24) is 9.97 Å². The molecule has 0 saturated heterocycles. The van der Waals surface area contributed by atoms with Gasteiger partial charge in [0.1, 0.15) is 17.1 Å². The van der Waals surface area contributed by atoms with Crippen LogP contribution in [-0.4, -0.2) is 28.1 Å². The first-order chi connectivity index (χ1) is 13.4. The van der Waals surface area contributed by atoms with E-state index in [9.17, 15) is 4.79 Å². The third-order valence-corrected chi connectivity index (χ3v) is 4.80. The summed E-state index contributed by atoms with van der Waals surface area (Å²) in [6, 6.07) is 5.47. The Hall–Kier alpha value is -3.09. The van der Waals surface area contributed by atoms with Gasteiger partial charge in [-0.05, 0) is 44.7 Å². The van der Waals surface area contributed by atoms with Crippen molar-refractivity contribution >= 4 is 17.2 Å². The van der Waals surface area contributed by atoms with E-state index in [2.05, 4.69) is 15.3 Å². The number of ether oxygens (including phenoxy) is 2. The van der Waals surface area contributed by atoms with Crippen LogP contribution in [0.1, 0.15) is 38.1 Å². The van der Waals surface area contributed by atoms with Crippen molar-refractivity contribution < 1.29 is 14.3 Å². The lowest BCUT2D eigenvalue weighted by molar-refractivity contribution is -0.111. The number of nitrogens with one attached hydrogen (secondary N) is 1. The number of hydrogen-bond donors (Lipinski definition) is 2. The molecule has 0 unspecified atom stereocenters. The fraction of sp³-hybridized carbons (Fsp3) is 0.381. The van der Waals surface area contributed by atoms with Gasteiger partial charge in [0, 0.05) is 36.6 Å². The quantitative estimate of drug-likeness (QED) is 0.748. The zero-order chi connectivity index (χ0) is 19.7. The molecule has 4 rings (SSSR count). The molecule has 1 aromatic carbocycles. The predicted molar refractivity (Wildman–Crippen MR) is 106 cm³/mol. The van der Waals surface area contributed by atoms with E-state index in [4.69, 9.17) is 15.2 Å². The fourth-order valence-corrected chi connectivity index (χ4v) is 3.22. The van der Waals surface area contributed by atoms with Crippen molar-refractivity contribution in [3.8, 4) is 11.5 Å². The van der Waals surface area contributed by atoms with Crippen molar-refractivity contribution in [2.75, 3.05) is 11.9 Å². The first kappa shape index (κ1) is 18.3. The number of aromatic nitrogens is 2. The molecule has 1 aromatic heterocycles. The zero-order valence-electron chi connectivity index (χ0n) is 16.1. The Kier molecular flexibility index (Phi) is 4.66. The van der Waals surface area contributed by atoms with Crippen LogP contribution in [0.15, 0.2) is 36.8 Å². The molecule has 1 aliphatic carbocycles. The molecule has 7 nitrogen and oxygen atoms in total. The average Bonchev–Trinajstić information content (AvgIpc) is 3.43. The lowest BCUT2D eigenvalue weighted by Crippen LogP contribution is -2.24. The SMILES string of the molecule is CC1(C)Cc2cc(NC(=O)C(=CN)c3ncccn3)c(OCC3CC3)cc2O1. The third kappa shape index (κ3) is 3.93. The van der Waals surface area contributed by atoms with Crippen LogP contribution in [0.2, 0.25) is 0 Å². The highest BCUT2D eigenvalue weighted by Crippen LogP contribution is 2.42. The van der Waals surface area contributed by atoms with Crippen LogP contribution >= 0.6 is 0 Å². The lowest BCUT2D eigenvalue weighted by atomic mass is 10.0. The normalized spacial score (nSPS) is 17.6. The number of hydrogen-bond acceptors (Lipinski definition) is 6. The van der Waals surface area contributed by atoms with Gasteiger partial charge in [0.05, 0.1) is 17.9 Å². The first-order valence-electron chi connectivity index (χ1n) is 9.44. The molecule has 3 N–H and O–H groups in total. The second kappa shape index (κ2) is 7.14. The zero-order valence-corrected chi connectivity index (χ0v) is 16.1. The number of carbonyl (C=O) groups excluding carboxylic acids is 1. The monoisotopic (exact) mass is 380 g/mol. The van der Waals surface area contributed by atoms with Crippen LogP contribution in [-0.2, 0) is 11.2 Å². The number of carbonyl (C=O) groups is 1.